The maximum atomic E-state index is 10.7. The van der Waals surface area contributed by atoms with Gasteiger partial charge in [0.05, 0.1) is 6.10 Å². The predicted molar refractivity (Wildman–Crippen MR) is 92.8 cm³/mol. The monoisotopic (exact) mass is 307 g/mol. The van der Waals surface area contributed by atoms with Crippen molar-refractivity contribution in [3.8, 4) is 0 Å². The largest absolute Gasteiger partial charge is 0.388 e. The summed E-state index contributed by atoms with van der Waals surface area (Å²) < 4.78 is 0.386. The summed E-state index contributed by atoms with van der Waals surface area (Å²) in [5.41, 5.74) is 0.882. The molecule has 2 rings (SSSR count). The van der Waals surface area contributed by atoms with Gasteiger partial charge in [-0.05, 0) is 18.5 Å². The normalized spacial score (nSPS) is 21.8. The molecule has 1 N–H and O–H groups in total. The molecule has 1 heterocycles. The van der Waals surface area contributed by atoms with Crippen molar-refractivity contribution in [1.82, 2.24) is 4.90 Å². The Morgan fingerprint density at radius 2 is 1.90 bits per heavy atom. The van der Waals surface area contributed by atoms with E-state index in [1.165, 1.54) is 12.2 Å². The lowest BCUT2D eigenvalue weighted by Gasteiger charge is -2.36. The van der Waals surface area contributed by atoms with Crippen molar-refractivity contribution < 1.29 is 5.11 Å². The molecule has 1 unspecified atom stereocenters. The summed E-state index contributed by atoms with van der Waals surface area (Å²) in [5, 5.41) is 10.7. The van der Waals surface area contributed by atoms with Gasteiger partial charge >= 0.3 is 0 Å². The maximum absolute atomic E-state index is 10.7. The fourth-order valence-corrected chi connectivity index (χ4v) is 4.11. The highest BCUT2D eigenvalue weighted by Gasteiger charge is 2.33. The Bertz CT molecular complexity index is 444. The fourth-order valence-electron chi connectivity index (χ4n) is 2.97. The van der Waals surface area contributed by atoms with Crippen molar-refractivity contribution in [3.05, 3.63) is 35.9 Å². The van der Waals surface area contributed by atoms with E-state index in [1.54, 1.807) is 0 Å². The van der Waals surface area contributed by atoms with E-state index < -0.39 is 6.10 Å². The van der Waals surface area contributed by atoms with Crippen LogP contribution in [0.25, 0.3) is 0 Å². The van der Waals surface area contributed by atoms with Crippen LogP contribution in [0, 0.1) is 5.41 Å². The molecule has 21 heavy (non-hydrogen) atoms. The highest BCUT2D eigenvalue weighted by Crippen LogP contribution is 2.36. The van der Waals surface area contributed by atoms with Gasteiger partial charge in [-0.15, -0.1) is 0 Å². The van der Waals surface area contributed by atoms with Crippen LogP contribution in [0.2, 0.25) is 0 Å². The topological polar surface area (TPSA) is 23.5 Å². The van der Waals surface area contributed by atoms with E-state index >= 15 is 0 Å². The quantitative estimate of drug-likeness (QED) is 0.910. The van der Waals surface area contributed by atoms with Crippen LogP contribution in [-0.4, -0.2) is 40.1 Å². The van der Waals surface area contributed by atoms with Crippen LogP contribution in [0.3, 0.4) is 0 Å². The van der Waals surface area contributed by atoms with Gasteiger partial charge in [-0.3, -0.25) is 0 Å². The molecule has 0 aliphatic carbocycles. The molecule has 1 aromatic carbocycles. The number of rotatable bonds is 4. The first-order valence-corrected chi connectivity index (χ1v) is 8.88. The van der Waals surface area contributed by atoms with Crippen molar-refractivity contribution in [1.29, 1.82) is 0 Å². The Balaban J connectivity index is 2.00. The van der Waals surface area contributed by atoms with Crippen molar-refractivity contribution in [2.75, 3.05) is 25.4 Å². The molecule has 1 atom stereocenters. The average molecular weight is 308 g/mol. The molecule has 0 bridgehead atoms. The predicted octanol–water partition coefficient (Wildman–Crippen LogP) is 3.96. The van der Waals surface area contributed by atoms with Crippen LogP contribution in [0.15, 0.2) is 30.3 Å². The van der Waals surface area contributed by atoms with Crippen LogP contribution in [0.5, 0.6) is 0 Å². The third kappa shape index (κ3) is 4.73. The Morgan fingerprint density at radius 1 is 1.24 bits per heavy atom. The van der Waals surface area contributed by atoms with Crippen molar-refractivity contribution in [2.24, 2.45) is 5.41 Å². The van der Waals surface area contributed by atoms with Crippen LogP contribution < -0.4 is 0 Å². The number of hydrogen-bond donors (Lipinski definition) is 1. The van der Waals surface area contributed by atoms with Gasteiger partial charge in [-0.25, -0.2) is 0 Å². The van der Waals surface area contributed by atoms with E-state index in [0.29, 0.717) is 4.75 Å². The second-order valence-corrected chi connectivity index (χ2v) is 9.24. The van der Waals surface area contributed by atoms with Gasteiger partial charge in [-0.2, -0.15) is 11.8 Å². The highest BCUT2D eigenvalue weighted by molar-refractivity contribution is 8.00. The van der Waals surface area contributed by atoms with Gasteiger partial charge in [0.25, 0.3) is 0 Å². The third-order valence-electron chi connectivity index (χ3n) is 4.42. The minimum absolute atomic E-state index is 0.138. The third-order valence-corrected chi connectivity index (χ3v) is 5.79. The van der Waals surface area contributed by atoms with E-state index in [4.69, 9.17) is 0 Å². The zero-order chi connectivity index (χ0) is 15.5. The molecular weight excluding hydrogens is 278 g/mol. The number of thioether (sulfide) groups is 1. The number of nitrogens with zero attached hydrogens (tertiary/aromatic N) is 1. The first-order chi connectivity index (χ1) is 9.80. The number of benzene rings is 1. The van der Waals surface area contributed by atoms with Crippen LogP contribution >= 0.6 is 11.8 Å². The summed E-state index contributed by atoms with van der Waals surface area (Å²) in [7, 11) is 0. The molecular formula is C18H29NOS. The molecule has 0 radical (unpaired) electrons. The van der Waals surface area contributed by atoms with Gasteiger partial charge in [0.2, 0.25) is 0 Å². The molecule has 118 valence electrons. The Kier molecular flexibility index (Phi) is 5.39. The van der Waals surface area contributed by atoms with Crippen LogP contribution in [0.4, 0.5) is 0 Å². The second kappa shape index (κ2) is 6.72. The molecule has 1 aliphatic heterocycles. The Morgan fingerprint density at radius 3 is 2.57 bits per heavy atom. The second-order valence-electron chi connectivity index (χ2n) is 7.44. The van der Waals surface area contributed by atoms with Crippen LogP contribution in [0.1, 0.15) is 45.8 Å². The smallest absolute Gasteiger partial charge is 0.0853 e. The summed E-state index contributed by atoms with van der Waals surface area (Å²) in [6.45, 7) is 12.2. The molecule has 1 saturated heterocycles. The standard InChI is InChI=1S/C18H29NOS/c1-17(2,16(20)15-8-6-5-7-9-15)14-19-11-10-18(3,4)21-13-12-19/h5-9,16,20H,10-14H2,1-4H3. The molecule has 1 aliphatic rings. The van der Waals surface area contributed by atoms with Gasteiger partial charge in [0, 0.05) is 29.0 Å². The fraction of sp³-hybridized carbons (Fsp3) is 0.667. The average Bonchev–Trinajstić information content (AvgIpc) is 2.60. The summed E-state index contributed by atoms with van der Waals surface area (Å²) in [4.78, 5) is 2.52. The first kappa shape index (κ1) is 16.9. The maximum Gasteiger partial charge on any atom is 0.0853 e. The van der Waals surface area contributed by atoms with Crippen LogP contribution in [-0.2, 0) is 0 Å². The van der Waals surface area contributed by atoms with Gasteiger partial charge in [0.15, 0.2) is 0 Å². The molecule has 0 saturated carbocycles. The minimum atomic E-state index is -0.414. The van der Waals surface area contributed by atoms with E-state index in [9.17, 15) is 5.11 Å². The van der Waals surface area contributed by atoms with E-state index in [-0.39, 0.29) is 5.41 Å². The van der Waals surface area contributed by atoms with E-state index in [2.05, 4.69) is 44.4 Å². The first-order valence-electron chi connectivity index (χ1n) is 7.89. The number of hydrogen-bond acceptors (Lipinski definition) is 3. The van der Waals surface area contributed by atoms with Gasteiger partial charge < -0.3 is 10.0 Å². The molecule has 1 fully saturated rings. The molecule has 0 spiro atoms. The molecule has 0 aromatic heterocycles. The minimum Gasteiger partial charge on any atom is -0.388 e. The zero-order valence-electron chi connectivity index (χ0n) is 13.8. The summed E-state index contributed by atoms with van der Waals surface area (Å²) in [6, 6.07) is 10.0. The van der Waals surface area contributed by atoms with Crippen molar-refractivity contribution >= 4 is 11.8 Å². The van der Waals surface area contributed by atoms with E-state index in [0.717, 1.165) is 25.2 Å². The molecule has 3 heteroatoms. The lowest BCUT2D eigenvalue weighted by atomic mass is 9.82. The lowest BCUT2D eigenvalue weighted by Crippen LogP contribution is -2.39. The molecule has 2 nitrogen and oxygen atoms in total. The summed E-state index contributed by atoms with van der Waals surface area (Å²) in [5.74, 6) is 1.19. The number of aliphatic hydroxyl groups is 1. The van der Waals surface area contributed by atoms with E-state index in [1.807, 2.05) is 30.3 Å². The Labute approximate surface area is 133 Å². The van der Waals surface area contributed by atoms with Gasteiger partial charge in [-0.1, -0.05) is 58.0 Å². The molecule has 0 amide bonds. The molecule has 1 aromatic rings. The van der Waals surface area contributed by atoms with Crippen molar-refractivity contribution in [2.45, 2.75) is 45.0 Å². The lowest BCUT2D eigenvalue weighted by molar-refractivity contribution is 0.0214. The Hall–Kier alpha value is -0.510. The summed E-state index contributed by atoms with van der Waals surface area (Å²) >= 11 is 2.07. The van der Waals surface area contributed by atoms with Crippen molar-refractivity contribution in [3.63, 3.8) is 0 Å². The van der Waals surface area contributed by atoms with Gasteiger partial charge in [0.1, 0.15) is 0 Å². The highest BCUT2D eigenvalue weighted by atomic mass is 32.2. The SMILES string of the molecule is CC1(C)CCN(CC(C)(C)C(O)c2ccccc2)CCS1. The zero-order valence-corrected chi connectivity index (χ0v) is 14.6. The number of aliphatic hydroxyl groups excluding tert-OH is 1. The summed E-state index contributed by atoms with van der Waals surface area (Å²) in [6.07, 6.45) is 0.803.